The van der Waals surface area contributed by atoms with Crippen molar-refractivity contribution in [3.05, 3.63) is 22.2 Å². The van der Waals surface area contributed by atoms with Crippen molar-refractivity contribution < 1.29 is 9.90 Å². The van der Waals surface area contributed by atoms with E-state index in [-0.39, 0.29) is 5.71 Å². The van der Waals surface area contributed by atoms with Gasteiger partial charge in [-0.15, -0.1) is 0 Å². The maximum atomic E-state index is 11.2. The maximum Gasteiger partial charge on any atom is 0.354 e. The molecule has 2 N–H and O–H groups in total. The SMILES string of the molecule is CCC1(Cl)Nc2cc(Cl)c(Cl)cc2N=C1C(=O)O. The molecule has 1 heterocycles. The van der Waals surface area contributed by atoms with Crippen molar-refractivity contribution in [2.45, 2.75) is 18.3 Å². The van der Waals surface area contributed by atoms with Crippen LogP contribution in [0.5, 0.6) is 0 Å². The van der Waals surface area contributed by atoms with E-state index < -0.39 is 11.0 Å². The summed E-state index contributed by atoms with van der Waals surface area (Å²) in [6.45, 7) is 1.76. The third kappa shape index (κ3) is 2.16. The zero-order valence-corrected chi connectivity index (χ0v) is 11.6. The van der Waals surface area contributed by atoms with Crippen molar-refractivity contribution in [3.8, 4) is 0 Å². The normalized spacial score (nSPS) is 21.9. The third-order valence-corrected chi connectivity index (χ3v) is 3.93. The highest BCUT2D eigenvalue weighted by Gasteiger charge is 2.40. The topological polar surface area (TPSA) is 61.7 Å². The average molecular weight is 308 g/mol. The Morgan fingerprint density at radius 1 is 1.44 bits per heavy atom. The molecule has 0 spiro atoms. The Kier molecular flexibility index (Phi) is 3.45. The predicted molar refractivity (Wildman–Crippen MR) is 73.7 cm³/mol. The minimum atomic E-state index is -1.24. The fourth-order valence-electron chi connectivity index (χ4n) is 1.68. The van der Waals surface area contributed by atoms with Gasteiger partial charge in [-0.1, -0.05) is 41.7 Å². The molecule has 1 aromatic carbocycles. The van der Waals surface area contributed by atoms with Crippen LogP contribution in [0.1, 0.15) is 13.3 Å². The number of hydrogen-bond acceptors (Lipinski definition) is 3. The number of alkyl halides is 1. The maximum absolute atomic E-state index is 11.2. The van der Waals surface area contributed by atoms with Crippen LogP contribution in [0.25, 0.3) is 0 Å². The number of anilines is 1. The number of hydrogen-bond donors (Lipinski definition) is 2. The van der Waals surface area contributed by atoms with Crippen LogP contribution in [0.4, 0.5) is 11.4 Å². The summed E-state index contributed by atoms with van der Waals surface area (Å²) in [6, 6.07) is 3.08. The summed E-state index contributed by atoms with van der Waals surface area (Å²) < 4.78 is 0. The van der Waals surface area contributed by atoms with E-state index in [0.29, 0.717) is 27.8 Å². The zero-order chi connectivity index (χ0) is 13.5. The smallest absolute Gasteiger partial charge is 0.354 e. The summed E-state index contributed by atoms with van der Waals surface area (Å²) >= 11 is 18.0. The zero-order valence-electron chi connectivity index (χ0n) is 9.30. The molecule has 0 amide bonds. The summed E-state index contributed by atoms with van der Waals surface area (Å²) in [5.41, 5.74) is 0.815. The number of carboxylic acid groups (broad SMARTS) is 1. The van der Waals surface area contributed by atoms with E-state index in [1.54, 1.807) is 13.0 Å². The molecular weight excluding hydrogens is 298 g/mol. The van der Waals surface area contributed by atoms with Gasteiger partial charge in [0.1, 0.15) is 0 Å². The molecule has 0 aliphatic carbocycles. The average Bonchev–Trinajstić information content (AvgIpc) is 2.30. The first-order valence-corrected chi connectivity index (χ1v) is 6.29. The van der Waals surface area contributed by atoms with Crippen molar-refractivity contribution in [1.29, 1.82) is 0 Å². The van der Waals surface area contributed by atoms with Crippen LogP contribution in [0.3, 0.4) is 0 Å². The van der Waals surface area contributed by atoms with E-state index in [4.69, 9.17) is 39.9 Å². The molecule has 18 heavy (non-hydrogen) atoms. The number of aliphatic imine (C=N–C) groups is 1. The quantitative estimate of drug-likeness (QED) is 0.643. The summed E-state index contributed by atoms with van der Waals surface area (Å²) in [4.78, 5) is 14.0. The standard InChI is InChI=1S/C11H9Cl3N2O2/c1-2-11(14)9(10(17)18)15-7-3-5(12)6(13)4-8(7)16-11/h3-4,16H,2H2,1H3,(H,17,18). The molecular formula is C11H9Cl3N2O2. The van der Waals surface area contributed by atoms with Crippen molar-refractivity contribution in [2.75, 3.05) is 5.32 Å². The molecule has 2 rings (SSSR count). The van der Waals surface area contributed by atoms with Crippen molar-refractivity contribution in [2.24, 2.45) is 4.99 Å². The van der Waals surface area contributed by atoms with Crippen LogP contribution in [-0.2, 0) is 4.79 Å². The van der Waals surface area contributed by atoms with E-state index in [1.165, 1.54) is 6.07 Å². The lowest BCUT2D eigenvalue weighted by atomic mass is 10.0. The molecule has 1 atom stereocenters. The van der Waals surface area contributed by atoms with E-state index in [0.717, 1.165) is 0 Å². The minimum absolute atomic E-state index is 0.155. The number of fused-ring (bicyclic) bond motifs is 1. The van der Waals surface area contributed by atoms with Crippen molar-refractivity contribution >= 4 is 57.9 Å². The molecule has 0 bridgehead atoms. The molecule has 1 aliphatic heterocycles. The molecule has 1 unspecified atom stereocenters. The molecule has 4 nitrogen and oxygen atoms in total. The van der Waals surface area contributed by atoms with Gasteiger partial charge >= 0.3 is 5.97 Å². The lowest BCUT2D eigenvalue weighted by molar-refractivity contribution is -0.129. The second-order valence-corrected chi connectivity index (χ2v) is 5.29. The molecule has 0 saturated heterocycles. The molecule has 0 aromatic heterocycles. The highest BCUT2D eigenvalue weighted by molar-refractivity contribution is 6.54. The van der Waals surface area contributed by atoms with Gasteiger partial charge in [-0.05, 0) is 18.6 Å². The van der Waals surface area contributed by atoms with Gasteiger partial charge in [0.2, 0.25) is 0 Å². The number of nitrogens with one attached hydrogen (secondary N) is 1. The lowest BCUT2D eigenvalue weighted by Gasteiger charge is -2.32. The number of carbonyl (C=O) groups is 1. The van der Waals surface area contributed by atoms with Crippen LogP contribution in [-0.4, -0.2) is 21.8 Å². The van der Waals surface area contributed by atoms with Gasteiger partial charge in [0.05, 0.1) is 21.4 Å². The number of rotatable bonds is 2. The van der Waals surface area contributed by atoms with E-state index in [1.807, 2.05) is 0 Å². The molecule has 0 fully saturated rings. The Hall–Kier alpha value is -0.970. The first-order valence-electron chi connectivity index (χ1n) is 5.16. The minimum Gasteiger partial charge on any atom is -0.477 e. The highest BCUT2D eigenvalue weighted by Crippen LogP contribution is 2.41. The molecule has 1 aliphatic rings. The second kappa shape index (κ2) is 4.61. The molecule has 1 aromatic rings. The Bertz CT molecular complexity index is 559. The third-order valence-electron chi connectivity index (χ3n) is 2.67. The molecule has 0 radical (unpaired) electrons. The molecule has 7 heteroatoms. The van der Waals surface area contributed by atoms with Gasteiger partial charge in [-0.25, -0.2) is 9.79 Å². The van der Waals surface area contributed by atoms with E-state index in [9.17, 15) is 4.79 Å². The fraction of sp³-hybridized carbons (Fsp3) is 0.273. The highest BCUT2D eigenvalue weighted by atomic mass is 35.5. The fourth-order valence-corrected chi connectivity index (χ4v) is 2.23. The van der Waals surface area contributed by atoms with E-state index in [2.05, 4.69) is 10.3 Å². The summed E-state index contributed by atoms with van der Waals surface area (Å²) in [5, 5.41) is 12.7. The predicted octanol–water partition coefficient (Wildman–Crippen LogP) is 3.92. The van der Waals surface area contributed by atoms with Gasteiger partial charge in [0, 0.05) is 0 Å². The summed E-state index contributed by atoms with van der Waals surface area (Å²) in [7, 11) is 0. The number of halogens is 3. The Balaban J connectivity index is 2.62. The summed E-state index contributed by atoms with van der Waals surface area (Å²) in [5.74, 6) is -1.17. The number of carboxylic acids is 1. The van der Waals surface area contributed by atoms with Gasteiger partial charge < -0.3 is 10.4 Å². The first-order chi connectivity index (χ1) is 8.37. The van der Waals surface area contributed by atoms with Crippen molar-refractivity contribution in [1.82, 2.24) is 0 Å². The van der Waals surface area contributed by atoms with Gasteiger partial charge in [0.25, 0.3) is 0 Å². The van der Waals surface area contributed by atoms with Gasteiger partial charge in [-0.2, -0.15) is 0 Å². The Morgan fingerprint density at radius 3 is 2.61 bits per heavy atom. The first kappa shape index (κ1) is 13.5. The Labute approximate surface area is 119 Å². The molecule has 0 saturated carbocycles. The van der Waals surface area contributed by atoms with Crippen LogP contribution >= 0.6 is 34.8 Å². The molecule has 96 valence electrons. The van der Waals surface area contributed by atoms with Gasteiger partial charge in [0.15, 0.2) is 10.7 Å². The Morgan fingerprint density at radius 2 is 2.06 bits per heavy atom. The number of nitrogens with zero attached hydrogens (tertiary/aromatic N) is 1. The van der Waals surface area contributed by atoms with Crippen LogP contribution in [0.2, 0.25) is 10.0 Å². The van der Waals surface area contributed by atoms with E-state index >= 15 is 0 Å². The number of aliphatic carboxylic acids is 1. The number of benzene rings is 1. The second-order valence-electron chi connectivity index (χ2n) is 3.83. The monoisotopic (exact) mass is 306 g/mol. The lowest BCUT2D eigenvalue weighted by Crippen LogP contribution is -2.46. The summed E-state index contributed by atoms with van der Waals surface area (Å²) in [6.07, 6.45) is 0.360. The van der Waals surface area contributed by atoms with Crippen LogP contribution in [0, 0.1) is 0 Å². The van der Waals surface area contributed by atoms with Crippen LogP contribution in [0.15, 0.2) is 17.1 Å². The van der Waals surface area contributed by atoms with Crippen molar-refractivity contribution in [3.63, 3.8) is 0 Å². The largest absolute Gasteiger partial charge is 0.477 e. The van der Waals surface area contributed by atoms with Gasteiger partial charge in [-0.3, -0.25) is 0 Å². The van der Waals surface area contributed by atoms with Crippen LogP contribution < -0.4 is 5.32 Å².